The Morgan fingerprint density at radius 3 is 2.50 bits per heavy atom. The quantitative estimate of drug-likeness (QED) is 0.833. The van der Waals surface area contributed by atoms with Crippen LogP contribution in [0.25, 0.3) is 0 Å². The Balaban J connectivity index is 2.54. The maximum Gasteiger partial charge on any atom is 0.274 e. The molecule has 2 rings (SSSR count). The molecule has 1 heterocycles. The third kappa shape index (κ3) is 1.86. The highest BCUT2D eigenvalue weighted by molar-refractivity contribution is 5.36. The number of nitrogen functional groups attached to an aromatic ring is 1. The molecule has 3 heteroatoms. The van der Waals surface area contributed by atoms with E-state index in [1.165, 1.54) is 12.8 Å². The van der Waals surface area contributed by atoms with Crippen LogP contribution in [-0.4, -0.2) is 4.57 Å². The molecule has 0 saturated heterocycles. The average Bonchev–Trinajstić information content (AvgIpc) is 2.74. The van der Waals surface area contributed by atoms with Gasteiger partial charge in [-0.3, -0.25) is 4.79 Å². The number of nitrogens with zero attached hydrogens (tertiary/aromatic N) is 1. The zero-order chi connectivity index (χ0) is 11.7. The summed E-state index contributed by atoms with van der Waals surface area (Å²) in [5.74, 6) is 0.369. The molecule has 1 fully saturated rings. The van der Waals surface area contributed by atoms with Gasteiger partial charge in [0.2, 0.25) is 0 Å². The van der Waals surface area contributed by atoms with Crippen molar-refractivity contribution < 1.29 is 0 Å². The van der Waals surface area contributed by atoms with Crippen LogP contribution in [0.2, 0.25) is 0 Å². The molecule has 0 bridgehead atoms. The van der Waals surface area contributed by atoms with Gasteiger partial charge in [0.05, 0.1) is 5.69 Å². The van der Waals surface area contributed by atoms with Gasteiger partial charge in [0, 0.05) is 11.7 Å². The molecular formula is C13H20N2O. The molecule has 3 nitrogen and oxygen atoms in total. The highest BCUT2D eigenvalue weighted by Gasteiger charge is 2.21. The van der Waals surface area contributed by atoms with Crippen molar-refractivity contribution in [2.45, 2.75) is 51.5 Å². The number of pyridine rings is 1. The molecule has 1 aromatic rings. The summed E-state index contributed by atoms with van der Waals surface area (Å²) in [5.41, 5.74) is 7.21. The highest BCUT2D eigenvalue weighted by atomic mass is 16.1. The summed E-state index contributed by atoms with van der Waals surface area (Å²) in [7, 11) is 0. The van der Waals surface area contributed by atoms with Crippen molar-refractivity contribution in [3.8, 4) is 0 Å². The third-order valence-electron chi connectivity index (χ3n) is 3.46. The van der Waals surface area contributed by atoms with Gasteiger partial charge in [-0.15, -0.1) is 0 Å². The number of aromatic nitrogens is 1. The second kappa shape index (κ2) is 4.32. The molecule has 0 amide bonds. The molecular weight excluding hydrogens is 200 g/mol. The molecule has 0 spiro atoms. The number of hydrogen-bond acceptors (Lipinski definition) is 2. The standard InChI is InChI=1S/C13H20N2O/c1-9(2)12-8-7-11(14)13(16)15(12)10-5-3-4-6-10/h7-10H,3-6,14H2,1-2H3. The molecule has 1 aromatic heterocycles. The van der Waals surface area contributed by atoms with E-state index in [4.69, 9.17) is 5.73 Å². The second-order valence-electron chi connectivity index (χ2n) is 4.98. The van der Waals surface area contributed by atoms with E-state index in [0.29, 0.717) is 17.6 Å². The lowest BCUT2D eigenvalue weighted by atomic mass is 10.1. The smallest absolute Gasteiger partial charge is 0.274 e. The Morgan fingerprint density at radius 1 is 1.31 bits per heavy atom. The number of anilines is 1. The van der Waals surface area contributed by atoms with E-state index in [1.54, 1.807) is 6.07 Å². The Hall–Kier alpha value is -1.25. The zero-order valence-electron chi connectivity index (χ0n) is 10.1. The van der Waals surface area contributed by atoms with Crippen molar-refractivity contribution >= 4 is 5.69 Å². The SMILES string of the molecule is CC(C)c1ccc(N)c(=O)n1C1CCCC1. The van der Waals surface area contributed by atoms with Gasteiger partial charge in [0.1, 0.15) is 0 Å². The summed E-state index contributed by atoms with van der Waals surface area (Å²) < 4.78 is 1.94. The lowest BCUT2D eigenvalue weighted by Gasteiger charge is -2.21. The van der Waals surface area contributed by atoms with Crippen LogP contribution in [0.3, 0.4) is 0 Å². The first kappa shape index (κ1) is 11.2. The number of rotatable bonds is 2. The second-order valence-corrected chi connectivity index (χ2v) is 4.98. The van der Waals surface area contributed by atoms with E-state index in [1.807, 2.05) is 10.6 Å². The lowest BCUT2D eigenvalue weighted by Crippen LogP contribution is -2.28. The van der Waals surface area contributed by atoms with E-state index in [2.05, 4.69) is 13.8 Å². The van der Waals surface area contributed by atoms with Gasteiger partial charge in [0.25, 0.3) is 5.56 Å². The summed E-state index contributed by atoms with van der Waals surface area (Å²) in [5, 5.41) is 0. The van der Waals surface area contributed by atoms with Crippen molar-refractivity contribution in [2.24, 2.45) is 0 Å². The Kier molecular flexibility index (Phi) is 3.03. The summed E-state index contributed by atoms with van der Waals surface area (Å²) in [6, 6.07) is 4.11. The maximum atomic E-state index is 12.1. The third-order valence-corrected chi connectivity index (χ3v) is 3.46. The first-order valence-corrected chi connectivity index (χ1v) is 6.12. The number of hydrogen-bond donors (Lipinski definition) is 1. The minimum atomic E-state index is -0.00176. The fourth-order valence-electron chi connectivity index (χ4n) is 2.59. The van der Waals surface area contributed by atoms with Crippen molar-refractivity contribution in [3.05, 3.63) is 28.2 Å². The molecule has 16 heavy (non-hydrogen) atoms. The minimum Gasteiger partial charge on any atom is -0.394 e. The predicted molar refractivity (Wildman–Crippen MR) is 66.7 cm³/mol. The molecule has 0 aliphatic heterocycles. The highest BCUT2D eigenvalue weighted by Crippen LogP contribution is 2.31. The summed E-state index contributed by atoms with van der Waals surface area (Å²) in [6.45, 7) is 4.24. The van der Waals surface area contributed by atoms with Crippen LogP contribution < -0.4 is 11.3 Å². The van der Waals surface area contributed by atoms with Crippen LogP contribution in [0.1, 0.15) is 57.2 Å². The van der Waals surface area contributed by atoms with Gasteiger partial charge >= 0.3 is 0 Å². The minimum absolute atomic E-state index is 0.00176. The monoisotopic (exact) mass is 220 g/mol. The van der Waals surface area contributed by atoms with E-state index >= 15 is 0 Å². The largest absolute Gasteiger partial charge is 0.394 e. The molecule has 2 N–H and O–H groups in total. The van der Waals surface area contributed by atoms with Crippen LogP contribution in [0.15, 0.2) is 16.9 Å². The molecule has 1 saturated carbocycles. The molecule has 0 unspecified atom stereocenters. The van der Waals surface area contributed by atoms with Crippen LogP contribution in [0, 0.1) is 0 Å². The summed E-state index contributed by atoms with van der Waals surface area (Å²) >= 11 is 0. The van der Waals surface area contributed by atoms with Crippen LogP contribution >= 0.6 is 0 Å². The van der Waals surface area contributed by atoms with Crippen molar-refractivity contribution in [3.63, 3.8) is 0 Å². The fraction of sp³-hybridized carbons (Fsp3) is 0.615. The number of nitrogens with two attached hydrogens (primary N) is 1. The Morgan fingerprint density at radius 2 is 1.94 bits per heavy atom. The van der Waals surface area contributed by atoms with Crippen LogP contribution in [0.5, 0.6) is 0 Å². The van der Waals surface area contributed by atoms with Crippen molar-refractivity contribution in [1.29, 1.82) is 0 Å². The van der Waals surface area contributed by atoms with Gasteiger partial charge in [-0.2, -0.15) is 0 Å². The average molecular weight is 220 g/mol. The zero-order valence-corrected chi connectivity index (χ0v) is 10.1. The first-order chi connectivity index (χ1) is 7.61. The normalized spacial score (nSPS) is 17.2. The Labute approximate surface area is 96.3 Å². The van der Waals surface area contributed by atoms with Gasteiger partial charge < -0.3 is 10.3 Å². The lowest BCUT2D eigenvalue weighted by molar-refractivity contribution is 0.474. The van der Waals surface area contributed by atoms with Gasteiger partial charge in [0.15, 0.2) is 0 Å². The van der Waals surface area contributed by atoms with E-state index in [9.17, 15) is 4.79 Å². The summed E-state index contributed by atoms with van der Waals surface area (Å²) in [6.07, 6.45) is 4.68. The maximum absolute atomic E-state index is 12.1. The van der Waals surface area contributed by atoms with E-state index in [0.717, 1.165) is 18.5 Å². The molecule has 1 aliphatic carbocycles. The van der Waals surface area contributed by atoms with Crippen LogP contribution in [-0.2, 0) is 0 Å². The summed E-state index contributed by atoms with van der Waals surface area (Å²) in [4.78, 5) is 12.1. The van der Waals surface area contributed by atoms with Gasteiger partial charge in [-0.25, -0.2) is 0 Å². The van der Waals surface area contributed by atoms with Gasteiger partial charge in [-0.1, -0.05) is 26.7 Å². The topological polar surface area (TPSA) is 48.0 Å². The molecule has 1 aliphatic rings. The van der Waals surface area contributed by atoms with Crippen molar-refractivity contribution in [1.82, 2.24) is 4.57 Å². The van der Waals surface area contributed by atoms with Gasteiger partial charge in [-0.05, 0) is 30.9 Å². The van der Waals surface area contributed by atoms with Crippen molar-refractivity contribution in [2.75, 3.05) is 5.73 Å². The Bertz CT molecular complexity index is 428. The molecule has 0 radical (unpaired) electrons. The van der Waals surface area contributed by atoms with E-state index in [-0.39, 0.29) is 5.56 Å². The van der Waals surface area contributed by atoms with E-state index < -0.39 is 0 Å². The first-order valence-electron chi connectivity index (χ1n) is 6.12. The van der Waals surface area contributed by atoms with Crippen LogP contribution in [0.4, 0.5) is 5.69 Å². The molecule has 88 valence electrons. The molecule has 0 atom stereocenters. The molecule has 0 aromatic carbocycles. The fourth-order valence-corrected chi connectivity index (χ4v) is 2.59. The predicted octanol–water partition coefficient (Wildman–Crippen LogP) is 2.67.